The fourth-order valence-corrected chi connectivity index (χ4v) is 3.48. The van der Waals surface area contributed by atoms with Gasteiger partial charge in [-0.3, -0.25) is 0 Å². The van der Waals surface area contributed by atoms with Crippen LogP contribution in [0.15, 0.2) is 0 Å². The third-order valence-corrected chi connectivity index (χ3v) is 4.15. The van der Waals surface area contributed by atoms with Crippen LogP contribution in [-0.2, 0) is 0 Å². The molecule has 12 heavy (non-hydrogen) atoms. The predicted octanol–water partition coefficient (Wildman–Crippen LogP) is 0.834. The summed E-state index contributed by atoms with van der Waals surface area (Å²) in [6, 6.07) is 0. The van der Waals surface area contributed by atoms with Crippen molar-refractivity contribution in [3.05, 3.63) is 0 Å². The molecule has 0 saturated carbocycles. The molecular weight excluding hydrogens is 148 g/mol. The predicted molar refractivity (Wildman–Crippen MR) is 49.1 cm³/mol. The highest BCUT2D eigenvalue weighted by Crippen LogP contribution is 2.40. The van der Waals surface area contributed by atoms with Gasteiger partial charge in [-0.15, -0.1) is 0 Å². The van der Waals surface area contributed by atoms with E-state index >= 15 is 0 Å². The van der Waals surface area contributed by atoms with Gasteiger partial charge in [0.2, 0.25) is 0 Å². The molecule has 4 heterocycles. The summed E-state index contributed by atoms with van der Waals surface area (Å²) < 4.78 is 0. The summed E-state index contributed by atoms with van der Waals surface area (Å²) in [4.78, 5) is 2.65. The maximum absolute atomic E-state index is 3.76. The van der Waals surface area contributed by atoms with Crippen LogP contribution in [0.5, 0.6) is 0 Å². The minimum atomic E-state index is 0.566. The highest BCUT2D eigenvalue weighted by atomic mass is 15.2. The molecule has 1 N–H and O–H groups in total. The Balaban J connectivity index is 1.86. The van der Waals surface area contributed by atoms with E-state index in [1.54, 1.807) is 0 Å². The maximum Gasteiger partial charge on any atom is 0.0338 e. The third-order valence-electron chi connectivity index (χ3n) is 4.15. The number of nitrogens with one attached hydrogen (secondary N) is 1. The fourth-order valence-electron chi connectivity index (χ4n) is 3.48. The summed E-state index contributed by atoms with van der Waals surface area (Å²) in [5, 5.41) is 3.76. The van der Waals surface area contributed by atoms with Gasteiger partial charge in [-0.25, -0.2) is 0 Å². The van der Waals surface area contributed by atoms with E-state index in [0.29, 0.717) is 5.54 Å². The van der Waals surface area contributed by atoms with E-state index in [0.717, 1.165) is 5.92 Å². The summed E-state index contributed by atoms with van der Waals surface area (Å²) in [5.74, 6) is 1.00. The van der Waals surface area contributed by atoms with Crippen LogP contribution in [0, 0.1) is 5.92 Å². The Morgan fingerprint density at radius 3 is 2.58 bits per heavy atom. The molecule has 4 rings (SSSR count). The average Bonchev–Trinajstić information content (AvgIpc) is 2.55. The molecule has 4 saturated heterocycles. The molecule has 2 nitrogen and oxygen atoms in total. The molecule has 1 spiro atoms. The van der Waals surface area contributed by atoms with Gasteiger partial charge in [0, 0.05) is 12.1 Å². The van der Waals surface area contributed by atoms with Crippen LogP contribution >= 0.6 is 0 Å². The zero-order valence-electron chi connectivity index (χ0n) is 7.68. The fraction of sp³-hybridized carbons (Fsp3) is 1.00. The van der Waals surface area contributed by atoms with Gasteiger partial charge in [0.05, 0.1) is 0 Å². The Bertz CT molecular complexity index is 176. The van der Waals surface area contributed by atoms with E-state index < -0.39 is 0 Å². The van der Waals surface area contributed by atoms with Crippen LogP contribution in [0.4, 0.5) is 0 Å². The van der Waals surface area contributed by atoms with Crippen molar-refractivity contribution < 1.29 is 0 Å². The average molecular weight is 166 g/mol. The number of fused-ring (bicyclic) bond motifs is 2. The smallest absolute Gasteiger partial charge is 0.0338 e. The molecule has 0 aromatic carbocycles. The van der Waals surface area contributed by atoms with E-state index in [4.69, 9.17) is 0 Å². The lowest BCUT2D eigenvalue weighted by Gasteiger charge is -2.52. The number of nitrogens with zero attached hydrogens (tertiary/aromatic N) is 1. The Hall–Kier alpha value is -0.0800. The molecule has 2 bridgehead atoms. The molecule has 68 valence electrons. The number of piperidine rings is 3. The lowest BCUT2D eigenvalue weighted by molar-refractivity contribution is 0.0171. The van der Waals surface area contributed by atoms with Crippen molar-refractivity contribution in [3.63, 3.8) is 0 Å². The normalized spacial score (nSPS) is 52.0. The van der Waals surface area contributed by atoms with Crippen LogP contribution in [0.1, 0.15) is 25.7 Å². The van der Waals surface area contributed by atoms with Crippen LogP contribution in [0.25, 0.3) is 0 Å². The first-order valence-electron chi connectivity index (χ1n) is 5.36. The van der Waals surface area contributed by atoms with Crippen molar-refractivity contribution in [1.82, 2.24) is 10.2 Å². The highest BCUT2D eigenvalue weighted by Gasteiger charge is 2.47. The molecule has 0 aliphatic carbocycles. The van der Waals surface area contributed by atoms with Crippen molar-refractivity contribution in [2.45, 2.75) is 31.2 Å². The second kappa shape index (κ2) is 2.46. The first-order chi connectivity index (χ1) is 5.89. The molecule has 0 radical (unpaired) electrons. The molecule has 4 aliphatic rings. The molecule has 4 aliphatic heterocycles. The van der Waals surface area contributed by atoms with E-state index in [1.807, 2.05) is 0 Å². The van der Waals surface area contributed by atoms with Crippen molar-refractivity contribution >= 4 is 0 Å². The largest absolute Gasteiger partial charge is 0.310 e. The van der Waals surface area contributed by atoms with Gasteiger partial charge in [0.1, 0.15) is 0 Å². The van der Waals surface area contributed by atoms with Crippen LogP contribution in [0.2, 0.25) is 0 Å². The highest BCUT2D eigenvalue weighted by molar-refractivity contribution is 5.06. The lowest BCUT2D eigenvalue weighted by atomic mass is 9.72. The van der Waals surface area contributed by atoms with E-state index in [2.05, 4.69) is 10.2 Å². The molecule has 0 amide bonds. The van der Waals surface area contributed by atoms with E-state index in [1.165, 1.54) is 51.9 Å². The lowest BCUT2D eigenvalue weighted by Crippen LogP contribution is -2.63. The van der Waals surface area contributed by atoms with E-state index in [9.17, 15) is 0 Å². The Morgan fingerprint density at radius 2 is 2.08 bits per heavy atom. The molecule has 0 aromatic rings. The Labute approximate surface area is 74.3 Å². The zero-order chi connectivity index (χ0) is 8.02. The zero-order valence-corrected chi connectivity index (χ0v) is 7.68. The monoisotopic (exact) mass is 166 g/mol. The van der Waals surface area contributed by atoms with Gasteiger partial charge in [-0.1, -0.05) is 0 Å². The first-order valence-corrected chi connectivity index (χ1v) is 5.36. The molecule has 4 fully saturated rings. The topological polar surface area (TPSA) is 15.3 Å². The summed E-state index contributed by atoms with van der Waals surface area (Å²) >= 11 is 0. The van der Waals surface area contributed by atoms with Gasteiger partial charge in [0.15, 0.2) is 0 Å². The van der Waals surface area contributed by atoms with Gasteiger partial charge in [0.25, 0.3) is 0 Å². The SMILES string of the molecule is C1CNC2(C1)CN1CCC2CC1. The van der Waals surface area contributed by atoms with Crippen LogP contribution in [-0.4, -0.2) is 36.6 Å². The van der Waals surface area contributed by atoms with E-state index in [-0.39, 0.29) is 0 Å². The molecular formula is C10H18N2. The summed E-state index contributed by atoms with van der Waals surface area (Å²) in [7, 11) is 0. The number of rotatable bonds is 0. The quantitative estimate of drug-likeness (QED) is 0.573. The van der Waals surface area contributed by atoms with Crippen molar-refractivity contribution in [2.24, 2.45) is 5.92 Å². The van der Waals surface area contributed by atoms with Crippen molar-refractivity contribution in [1.29, 1.82) is 0 Å². The van der Waals surface area contributed by atoms with Crippen LogP contribution in [0.3, 0.4) is 0 Å². The standard InChI is InChI=1S/C10H18N2/c1-4-10(11-5-1)8-12-6-2-9(10)3-7-12/h9,11H,1-8H2. The number of hydrogen-bond donors (Lipinski definition) is 1. The molecule has 1 atom stereocenters. The molecule has 2 heteroatoms. The minimum absolute atomic E-state index is 0.566. The number of hydrogen-bond acceptors (Lipinski definition) is 2. The summed E-state index contributed by atoms with van der Waals surface area (Å²) in [6.45, 7) is 5.35. The minimum Gasteiger partial charge on any atom is -0.310 e. The summed E-state index contributed by atoms with van der Waals surface area (Å²) in [6.07, 6.45) is 5.75. The summed E-state index contributed by atoms with van der Waals surface area (Å²) in [5.41, 5.74) is 0.566. The van der Waals surface area contributed by atoms with Gasteiger partial charge in [-0.05, 0) is 51.2 Å². The van der Waals surface area contributed by atoms with Crippen molar-refractivity contribution in [3.8, 4) is 0 Å². The second-order valence-corrected chi connectivity index (χ2v) is 4.74. The second-order valence-electron chi connectivity index (χ2n) is 4.74. The Kier molecular flexibility index (Phi) is 1.50. The third kappa shape index (κ3) is 0.882. The Morgan fingerprint density at radius 1 is 1.25 bits per heavy atom. The van der Waals surface area contributed by atoms with Gasteiger partial charge < -0.3 is 10.2 Å². The van der Waals surface area contributed by atoms with Crippen LogP contribution < -0.4 is 5.32 Å². The maximum atomic E-state index is 3.76. The van der Waals surface area contributed by atoms with Gasteiger partial charge >= 0.3 is 0 Å². The van der Waals surface area contributed by atoms with Crippen molar-refractivity contribution in [2.75, 3.05) is 26.2 Å². The van der Waals surface area contributed by atoms with Gasteiger partial charge in [-0.2, -0.15) is 0 Å². The molecule has 0 aromatic heterocycles. The molecule has 1 unspecified atom stereocenters. The first kappa shape index (κ1) is 7.34.